The highest BCUT2D eigenvalue weighted by Gasteiger charge is 2.50. The molecule has 1 amide bonds. The number of hydrogen-bond donors (Lipinski definition) is 1. The van der Waals surface area contributed by atoms with Crippen molar-refractivity contribution in [3.8, 4) is 5.75 Å². The average Bonchev–Trinajstić information content (AvgIpc) is 2.72. The number of amides is 1. The van der Waals surface area contributed by atoms with Crippen LogP contribution < -0.4 is 15.0 Å². The van der Waals surface area contributed by atoms with E-state index >= 15 is 0 Å². The van der Waals surface area contributed by atoms with Crippen LogP contribution >= 0.6 is 11.6 Å². The maximum Gasteiger partial charge on any atom is 0.270 e. The Bertz CT molecular complexity index is 960. The number of nitrogens with one attached hydrogen (secondary N) is 1. The summed E-state index contributed by atoms with van der Waals surface area (Å²) < 4.78 is 6.02. The molecule has 0 unspecified atom stereocenters. The van der Waals surface area contributed by atoms with Gasteiger partial charge in [0.25, 0.3) is 5.91 Å². The minimum Gasteiger partial charge on any atom is -0.478 e. The second-order valence-electron chi connectivity index (χ2n) is 6.80. The zero-order chi connectivity index (χ0) is 19.5. The molecule has 28 heavy (non-hydrogen) atoms. The number of anilines is 2. The molecular weight excluding hydrogens is 372 g/mol. The number of halogens is 1. The summed E-state index contributed by atoms with van der Waals surface area (Å²) in [7, 11) is 0. The first-order valence-electron chi connectivity index (χ1n) is 9.23. The average molecular weight is 393 g/mol. The fraction of sp³-hybridized carbons (Fsp3) is 0.174. The molecule has 0 radical (unpaired) electrons. The molecule has 0 spiro atoms. The predicted molar refractivity (Wildman–Crippen MR) is 113 cm³/mol. The maximum absolute atomic E-state index is 13.0. The number of para-hydroxylation sites is 2. The van der Waals surface area contributed by atoms with Crippen molar-refractivity contribution in [3.63, 3.8) is 0 Å². The molecule has 3 aromatic carbocycles. The fourth-order valence-electron chi connectivity index (χ4n) is 3.41. The number of carbonyl (C=O) groups is 1. The monoisotopic (exact) mass is 392 g/mol. The molecule has 4 rings (SSSR count). The van der Waals surface area contributed by atoms with Gasteiger partial charge in [0.05, 0.1) is 0 Å². The van der Waals surface area contributed by atoms with Crippen molar-refractivity contribution in [2.24, 2.45) is 0 Å². The summed E-state index contributed by atoms with van der Waals surface area (Å²) in [6.07, 6.45) is -0.544. The molecule has 0 saturated carbocycles. The van der Waals surface area contributed by atoms with Gasteiger partial charge < -0.3 is 10.1 Å². The number of carbonyl (C=O) groups excluding carboxylic acids is 1. The van der Waals surface area contributed by atoms with E-state index in [9.17, 15) is 4.79 Å². The highest BCUT2D eigenvalue weighted by Crippen LogP contribution is 2.33. The number of ether oxygens (including phenoxy) is 1. The number of β-lactam (4-membered cyclic amide) rings is 1. The Morgan fingerprint density at radius 3 is 2.36 bits per heavy atom. The first-order chi connectivity index (χ1) is 13.6. The maximum atomic E-state index is 13.0. The van der Waals surface area contributed by atoms with Crippen LogP contribution in [0, 0.1) is 6.92 Å². The summed E-state index contributed by atoms with van der Waals surface area (Å²) >= 11 is 5.95. The van der Waals surface area contributed by atoms with E-state index in [0.29, 0.717) is 17.3 Å². The summed E-state index contributed by atoms with van der Waals surface area (Å²) in [5.74, 6) is 0.598. The Kier molecular flexibility index (Phi) is 5.22. The third-order valence-corrected chi connectivity index (χ3v) is 5.15. The summed E-state index contributed by atoms with van der Waals surface area (Å²) in [4.78, 5) is 14.8. The van der Waals surface area contributed by atoms with Gasteiger partial charge in [-0.15, -0.1) is 0 Å². The largest absolute Gasteiger partial charge is 0.478 e. The van der Waals surface area contributed by atoms with E-state index < -0.39 is 6.10 Å². The topological polar surface area (TPSA) is 41.6 Å². The van der Waals surface area contributed by atoms with Crippen molar-refractivity contribution >= 4 is 28.9 Å². The van der Waals surface area contributed by atoms with Crippen LogP contribution in [0.3, 0.4) is 0 Å². The van der Waals surface area contributed by atoms with Crippen LogP contribution in [0.5, 0.6) is 5.75 Å². The first kappa shape index (κ1) is 18.4. The Morgan fingerprint density at radius 2 is 1.64 bits per heavy atom. The van der Waals surface area contributed by atoms with Crippen LogP contribution in [0.2, 0.25) is 5.02 Å². The highest BCUT2D eigenvalue weighted by molar-refractivity contribution is 6.30. The van der Waals surface area contributed by atoms with Gasteiger partial charge in [-0.1, -0.05) is 48.0 Å². The van der Waals surface area contributed by atoms with E-state index in [1.165, 1.54) is 0 Å². The zero-order valence-corrected chi connectivity index (χ0v) is 16.3. The van der Waals surface area contributed by atoms with Gasteiger partial charge in [0, 0.05) is 22.9 Å². The predicted octanol–water partition coefficient (Wildman–Crippen LogP) is 4.92. The molecule has 1 heterocycles. The molecule has 3 aromatic rings. The van der Waals surface area contributed by atoms with Gasteiger partial charge in [-0.25, -0.2) is 0 Å². The summed E-state index contributed by atoms with van der Waals surface area (Å²) in [5, 5.41) is 4.05. The smallest absolute Gasteiger partial charge is 0.270 e. The minimum absolute atomic E-state index is 0.0379. The zero-order valence-electron chi connectivity index (χ0n) is 15.5. The molecule has 1 aliphatic rings. The van der Waals surface area contributed by atoms with Crippen molar-refractivity contribution < 1.29 is 9.53 Å². The summed E-state index contributed by atoms with van der Waals surface area (Å²) in [5.41, 5.74) is 2.99. The standard InChI is InChI=1S/C23H21ClN2O2/c1-16-7-5-6-10-20(16)26-21(15-25-18-8-3-2-4-9-18)22(23(26)27)28-19-13-11-17(24)12-14-19/h2-14,21-22,25H,15H2,1H3/t21-,22-/m0/s1. The van der Waals surface area contributed by atoms with E-state index in [2.05, 4.69) is 5.32 Å². The van der Waals surface area contributed by atoms with Crippen LogP contribution in [-0.4, -0.2) is 24.6 Å². The van der Waals surface area contributed by atoms with E-state index in [4.69, 9.17) is 16.3 Å². The lowest BCUT2D eigenvalue weighted by Gasteiger charge is -2.47. The van der Waals surface area contributed by atoms with E-state index in [0.717, 1.165) is 16.9 Å². The molecule has 5 heteroatoms. The quantitative estimate of drug-likeness (QED) is 0.605. The third-order valence-electron chi connectivity index (χ3n) is 4.90. The normalized spacial score (nSPS) is 18.5. The van der Waals surface area contributed by atoms with E-state index in [1.54, 1.807) is 24.3 Å². The van der Waals surface area contributed by atoms with Crippen molar-refractivity contribution in [2.45, 2.75) is 19.1 Å². The fourth-order valence-corrected chi connectivity index (χ4v) is 3.54. The molecular formula is C23H21ClN2O2. The molecule has 0 aromatic heterocycles. The molecule has 1 N–H and O–H groups in total. The second kappa shape index (κ2) is 7.95. The molecule has 1 saturated heterocycles. The van der Waals surface area contributed by atoms with Gasteiger partial charge in [0.2, 0.25) is 0 Å². The Hall–Kier alpha value is -2.98. The van der Waals surface area contributed by atoms with Crippen molar-refractivity contribution in [2.75, 3.05) is 16.8 Å². The minimum atomic E-state index is -0.544. The second-order valence-corrected chi connectivity index (χ2v) is 7.24. The number of rotatable bonds is 6. The van der Waals surface area contributed by atoms with Crippen LogP contribution in [-0.2, 0) is 4.79 Å². The van der Waals surface area contributed by atoms with Gasteiger partial charge in [-0.3, -0.25) is 9.69 Å². The number of nitrogens with zero attached hydrogens (tertiary/aromatic N) is 1. The molecule has 142 valence electrons. The molecule has 1 aliphatic heterocycles. The molecule has 0 bridgehead atoms. The van der Waals surface area contributed by atoms with Crippen LogP contribution in [0.15, 0.2) is 78.9 Å². The summed E-state index contributed by atoms with van der Waals surface area (Å²) in [6, 6.07) is 24.8. The van der Waals surface area contributed by atoms with Gasteiger partial charge in [0.1, 0.15) is 11.8 Å². The van der Waals surface area contributed by atoms with E-state index in [1.807, 2.05) is 66.4 Å². The van der Waals surface area contributed by atoms with E-state index in [-0.39, 0.29) is 11.9 Å². The highest BCUT2D eigenvalue weighted by atomic mass is 35.5. The Labute approximate surface area is 169 Å². The van der Waals surface area contributed by atoms with Crippen molar-refractivity contribution in [3.05, 3.63) is 89.4 Å². The molecule has 4 nitrogen and oxygen atoms in total. The van der Waals surface area contributed by atoms with Crippen molar-refractivity contribution in [1.82, 2.24) is 0 Å². The number of aryl methyl sites for hydroxylation is 1. The number of hydrogen-bond acceptors (Lipinski definition) is 3. The Balaban J connectivity index is 1.56. The van der Waals surface area contributed by atoms with Gasteiger partial charge in [-0.05, 0) is 55.0 Å². The molecule has 1 fully saturated rings. The third kappa shape index (κ3) is 3.69. The lowest BCUT2D eigenvalue weighted by Crippen LogP contribution is -2.69. The SMILES string of the molecule is Cc1ccccc1N1C(=O)[C@@H](Oc2ccc(Cl)cc2)[C@@H]1CNc1ccccc1. The van der Waals surface area contributed by atoms with Crippen molar-refractivity contribution in [1.29, 1.82) is 0 Å². The van der Waals surface area contributed by atoms with Crippen LogP contribution in [0.25, 0.3) is 0 Å². The lowest BCUT2D eigenvalue weighted by molar-refractivity contribution is -0.134. The van der Waals surface area contributed by atoms with Gasteiger partial charge in [-0.2, -0.15) is 0 Å². The summed E-state index contributed by atoms with van der Waals surface area (Å²) in [6.45, 7) is 2.60. The lowest BCUT2D eigenvalue weighted by atomic mass is 9.95. The van der Waals surface area contributed by atoms with Gasteiger partial charge in [0.15, 0.2) is 6.10 Å². The van der Waals surface area contributed by atoms with Crippen LogP contribution in [0.1, 0.15) is 5.56 Å². The van der Waals surface area contributed by atoms with Crippen LogP contribution in [0.4, 0.5) is 11.4 Å². The number of benzene rings is 3. The Morgan fingerprint density at radius 1 is 0.964 bits per heavy atom. The first-order valence-corrected chi connectivity index (χ1v) is 9.61. The molecule has 0 aliphatic carbocycles. The van der Waals surface area contributed by atoms with Gasteiger partial charge >= 0.3 is 0 Å². The molecule has 2 atom stereocenters.